The van der Waals surface area contributed by atoms with Crippen molar-refractivity contribution in [1.82, 2.24) is 10.3 Å². The molecule has 21 heavy (non-hydrogen) atoms. The molecule has 0 aliphatic carbocycles. The van der Waals surface area contributed by atoms with Crippen molar-refractivity contribution in [1.29, 1.82) is 0 Å². The van der Waals surface area contributed by atoms with E-state index >= 15 is 0 Å². The Morgan fingerprint density at radius 3 is 2.95 bits per heavy atom. The van der Waals surface area contributed by atoms with Crippen molar-refractivity contribution in [3.05, 3.63) is 53.9 Å². The molecule has 1 amide bonds. The summed E-state index contributed by atoms with van der Waals surface area (Å²) < 4.78 is 5.45. The van der Waals surface area contributed by atoms with E-state index in [0.29, 0.717) is 6.54 Å². The maximum absolute atomic E-state index is 10.5. The highest BCUT2D eigenvalue weighted by molar-refractivity contribution is 7.15. The molecule has 0 spiro atoms. The van der Waals surface area contributed by atoms with Crippen LogP contribution in [0.5, 0.6) is 0 Å². The Bertz CT molecular complexity index is 750. The lowest BCUT2D eigenvalue weighted by atomic mass is 10.1. The van der Waals surface area contributed by atoms with Gasteiger partial charge < -0.3 is 14.8 Å². The van der Waals surface area contributed by atoms with E-state index in [4.69, 9.17) is 9.52 Å². The molecular formula is C15H12N2O3S. The average Bonchev–Trinajstić information content (AvgIpc) is 3.17. The Balaban J connectivity index is 1.92. The Hall–Kier alpha value is -2.60. The first-order chi connectivity index (χ1) is 10.2. The van der Waals surface area contributed by atoms with Crippen LogP contribution in [0.2, 0.25) is 0 Å². The summed E-state index contributed by atoms with van der Waals surface area (Å²) in [6, 6.07) is 9.53. The fraction of sp³-hybridized carbons (Fsp3) is 0.0667. The fourth-order valence-electron chi connectivity index (χ4n) is 2.02. The first-order valence-electron chi connectivity index (χ1n) is 6.28. The molecule has 6 heteroatoms. The van der Waals surface area contributed by atoms with Crippen molar-refractivity contribution in [3.8, 4) is 21.8 Å². The molecule has 0 aromatic carbocycles. The number of nitrogens with one attached hydrogen (secondary N) is 1. The van der Waals surface area contributed by atoms with Crippen molar-refractivity contribution in [2.45, 2.75) is 6.54 Å². The van der Waals surface area contributed by atoms with Crippen LogP contribution in [0.3, 0.4) is 0 Å². The second kappa shape index (κ2) is 5.80. The quantitative estimate of drug-likeness (QED) is 0.767. The summed E-state index contributed by atoms with van der Waals surface area (Å²) in [5.41, 5.74) is 1.94. The molecule has 3 heterocycles. The molecule has 3 aromatic heterocycles. The van der Waals surface area contributed by atoms with Crippen LogP contribution < -0.4 is 5.32 Å². The summed E-state index contributed by atoms with van der Waals surface area (Å²) in [7, 11) is 0. The molecule has 0 fully saturated rings. The van der Waals surface area contributed by atoms with Crippen LogP contribution in [-0.2, 0) is 6.54 Å². The Morgan fingerprint density at radius 2 is 2.19 bits per heavy atom. The third-order valence-electron chi connectivity index (χ3n) is 2.95. The number of carboxylic acid groups (broad SMARTS) is 1. The summed E-state index contributed by atoms with van der Waals surface area (Å²) >= 11 is 1.53. The monoisotopic (exact) mass is 300 g/mol. The van der Waals surface area contributed by atoms with Gasteiger partial charge in [0.1, 0.15) is 5.76 Å². The zero-order valence-corrected chi connectivity index (χ0v) is 11.8. The van der Waals surface area contributed by atoms with Crippen molar-refractivity contribution in [2.75, 3.05) is 0 Å². The summed E-state index contributed by atoms with van der Waals surface area (Å²) in [4.78, 5) is 16.7. The number of furan rings is 1. The van der Waals surface area contributed by atoms with E-state index in [0.717, 1.165) is 26.6 Å². The summed E-state index contributed by atoms with van der Waals surface area (Å²) in [5, 5.41) is 11.0. The van der Waals surface area contributed by atoms with Crippen molar-refractivity contribution >= 4 is 17.4 Å². The zero-order chi connectivity index (χ0) is 14.7. The van der Waals surface area contributed by atoms with Crippen molar-refractivity contribution < 1.29 is 14.3 Å². The molecule has 5 nitrogen and oxygen atoms in total. The number of pyridine rings is 1. The molecule has 0 aliphatic rings. The second-order valence-corrected chi connectivity index (χ2v) is 5.49. The third-order valence-corrected chi connectivity index (χ3v) is 4.07. The average molecular weight is 300 g/mol. The number of amides is 1. The second-order valence-electron chi connectivity index (χ2n) is 4.32. The molecule has 0 unspecified atom stereocenters. The summed E-state index contributed by atoms with van der Waals surface area (Å²) in [6.07, 6.45) is 4.12. The fourth-order valence-corrected chi connectivity index (χ4v) is 2.99. The highest BCUT2D eigenvalue weighted by atomic mass is 32.1. The van der Waals surface area contributed by atoms with Crippen LogP contribution in [0, 0.1) is 0 Å². The van der Waals surface area contributed by atoms with E-state index in [9.17, 15) is 4.79 Å². The Morgan fingerprint density at radius 1 is 1.29 bits per heavy atom. The van der Waals surface area contributed by atoms with Gasteiger partial charge in [-0.3, -0.25) is 4.98 Å². The van der Waals surface area contributed by atoms with E-state index in [1.165, 1.54) is 11.3 Å². The molecule has 0 bridgehead atoms. The Kier molecular flexibility index (Phi) is 3.70. The number of hydrogen-bond donors (Lipinski definition) is 2. The van der Waals surface area contributed by atoms with Gasteiger partial charge in [0.2, 0.25) is 0 Å². The Labute approximate surface area is 124 Å². The van der Waals surface area contributed by atoms with Crippen molar-refractivity contribution in [2.24, 2.45) is 0 Å². The molecule has 0 atom stereocenters. The predicted octanol–water partition coefficient (Wildman–Crippen LogP) is 3.84. The number of carbonyl (C=O) groups is 1. The smallest absolute Gasteiger partial charge is 0.404 e. The van der Waals surface area contributed by atoms with Gasteiger partial charge in [0.05, 0.1) is 12.8 Å². The number of aromatic nitrogens is 1. The summed E-state index contributed by atoms with van der Waals surface area (Å²) in [5.74, 6) is 0.783. The van der Waals surface area contributed by atoms with Crippen LogP contribution in [0.4, 0.5) is 4.79 Å². The van der Waals surface area contributed by atoms with Gasteiger partial charge in [-0.1, -0.05) is 0 Å². The SMILES string of the molecule is O=C(O)NCc1ccc(-c2cnccc2-c2ccco2)s1. The maximum atomic E-state index is 10.5. The molecular weight excluding hydrogens is 288 g/mol. The number of nitrogens with zero attached hydrogens (tertiary/aromatic N) is 1. The summed E-state index contributed by atoms with van der Waals surface area (Å²) in [6.45, 7) is 0.302. The topological polar surface area (TPSA) is 75.4 Å². The highest BCUT2D eigenvalue weighted by Crippen LogP contribution is 2.35. The molecule has 0 saturated carbocycles. The van der Waals surface area contributed by atoms with Gasteiger partial charge in [-0.25, -0.2) is 4.79 Å². The van der Waals surface area contributed by atoms with E-state index in [2.05, 4.69) is 10.3 Å². The van der Waals surface area contributed by atoms with Crippen LogP contribution in [0.15, 0.2) is 53.4 Å². The van der Waals surface area contributed by atoms with Gasteiger partial charge >= 0.3 is 6.09 Å². The number of hydrogen-bond acceptors (Lipinski definition) is 4. The molecule has 3 rings (SSSR count). The predicted molar refractivity (Wildman–Crippen MR) is 80.1 cm³/mol. The largest absolute Gasteiger partial charge is 0.465 e. The lowest BCUT2D eigenvalue weighted by molar-refractivity contribution is 0.194. The molecule has 0 radical (unpaired) electrons. The van der Waals surface area contributed by atoms with Gasteiger partial charge in [0.25, 0.3) is 0 Å². The van der Waals surface area contributed by atoms with Crippen LogP contribution in [0.1, 0.15) is 4.88 Å². The van der Waals surface area contributed by atoms with Crippen LogP contribution >= 0.6 is 11.3 Å². The van der Waals surface area contributed by atoms with E-state index in [1.54, 1.807) is 18.7 Å². The minimum Gasteiger partial charge on any atom is -0.465 e. The van der Waals surface area contributed by atoms with Crippen LogP contribution in [-0.4, -0.2) is 16.2 Å². The van der Waals surface area contributed by atoms with Crippen molar-refractivity contribution in [3.63, 3.8) is 0 Å². The van der Waals surface area contributed by atoms with E-state index in [1.807, 2.05) is 30.3 Å². The normalized spacial score (nSPS) is 10.5. The van der Waals surface area contributed by atoms with Gasteiger partial charge in [-0.05, 0) is 30.3 Å². The lowest BCUT2D eigenvalue weighted by Crippen LogP contribution is -2.19. The molecule has 2 N–H and O–H groups in total. The van der Waals surface area contributed by atoms with E-state index < -0.39 is 6.09 Å². The highest BCUT2D eigenvalue weighted by Gasteiger charge is 2.12. The lowest BCUT2D eigenvalue weighted by Gasteiger charge is -2.04. The standard InChI is InChI=1S/C15H12N2O3S/c18-15(19)17-8-10-3-4-14(21-10)12-9-16-6-5-11(12)13-2-1-7-20-13/h1-7,9,17H,8H2,(H,18,19). The van der Waals surface area contributed by atoms with Gasteiger partial charge in [-0.15, -0.1) is 11.3 Å². The number of thiophene rings is 1. The van der Waals surface area contributed by atoms with Gasteiger partial charge in [0.15, 0.2) is 0 Å². The number of rotatable bonds is 4. The minimum atomic E-state index is -1.03. The zero-order valence-electron chi connectivity index (χ0n) is 10.9. The van der Waals surface area contributed by atoms with E-state index in [-0.39, 0.29) is 0 Å². The minimum absolute atomic E-state index is 0.302. The van der Waals surface area contributed by atoms with Crippen LogP contribution in [0.25, 0.3) is 21.8 Å². The molecule has 0 aliphatic heterocycles. The first kappa shape index (κ1) is 13.4. The van der Waals surface area contributed by atoms with Gasteiger partial charge in [-0.2, -0.15) is 0 Å². The maximum Gasteiger partial charge on any atom is 0.404 e. The molecule has 3 aromatic rings. The third kappa shape index (κ3) is 2.95. The van der Waals surface area contributed by atoms with Gasteiger partial charge in [0, 0.05) is 33.3 Å². The molecule has 0 saturated heterocycles. The molecule has 106 valence electrons. The first-order valence-corrected chi connectivity index (χ1v) is 7.09.